The molecular formula is C19H20O2. The fraction of sp³-hybridized carbons (Fsp3) is 0.211. The normalized spacial score (nSPS) is 11.0. The quantitative estimate of drug-likeness (QED) is 0.578. The van der Waals surface area contributed by atoms with E-state index in [1.54, 1.807) is 6.92 Å². The molecule has 0 amide bonds. The Morgan fingerprint density at radius 2 is 1.71 bits per heavy atom. The van der Waals surface area contributed by atoms with E-state index in [0.29, 0.717) is 11.3 Å². The molecule has 0 heterocycles. The number of Topliss-reactive ketones (excluding diaryl/α,β-unsaturated/α-hetero) is 1. The van der Waals surface area contributed by atoms with Gasteiger partial charge in [-0.15, -0.1) is 0 Å². The minimum atomic E-state index is 0.0129. The third-order valence-electron chi connectivity index (χ3n) is 3.03. The van der Waals surface area contributed by atoms with Crippen LogP contribution in [0.5, 0.6) is 5.75 Å². The standard InChI is InChI=1S/C19H20O2/c1-14(2)21-18-11-7-10-17(19(18)15(3)20)13-12-16-8-5-4-6-9-16/h4-14H,1-3H3/b13-12+. The van der Waals surface area contributed by atoms with E-state index in [0.717, 1.165) is 11.1 Å². The smallest absolute Gasteiger partial charge is 0.164 e. The molecule has 2 aromatic rings. The predicted molar refractivity (Wildman–Crippen MR) is 87.6 cm³/mol. The number of rotatable bonds is 5. The first-order chi connectivity index (χ1) is 10.1. The van der Waals surface area contributed by atoms with Crippen LogP contribution in [0.4, 0.5) is 0 Å². The molecule has 0 aliphatic heterocycles. The molecule has 0 saturated heterocycles. The van der Waals surface area contributed by atoms with Crippen molar-refractivity contribution in [3.05, 3.63) is 65.2 Å². The van der Waals surface area contributed by atoms with Crippen LogP contribution in [-0.4, -0.2) is 11.9 Å². The van der Waals surface area contributed by atoms with Crippen LogP contribution < -0.4 is 4.74 Å². The number of carbonyl (C=O) groups is 1. The Bertz CT molecular complexity index is 640. The highest BCUT2D eigenvalue weighted by atomic mass is 16.5. The third-order valence-corrected chi connectivity index (χ3v) is 3.03. The second-order valence-electron chi connectivity index (χ2n) is 5.19. The minimum absolute atomic E-state index is 0.0129. The molecule has 2 nitrogen and oxygen atoms in total. The minimum Gasteiger partial charge on any atom is -0.490 e. The Hall–Kier alpha value is -2.35. The van der Waals surface area contributed by atoms with Crippen molar-refractivity contribution in [2.75, 3.05) is 0 Å². The Kier molecular flexibility index (Phi) is 4.94. The van der Waals surface area contributed by atoms with E-state index in [1.807, 2.05) is 74.5 Å². The first-order valence-corrected chi connectivity index (χ1v) is 7.11. The van der Waals surface area contributed by atoms with Crippen molar-refractivity contribution >= 4 is 17.9 Å². The average Bonchev–Trinajstić information content (AvgIpc) is 2.45. The van der Waals surface area contributed by atoms with Crippen LogP contribution in [0.15, 0.2) is 48.5 Å². The van der Waals surface area contributed by atoms with Gasteiger partial charge in [0.05, 0.1) is 11.7 Å². The molecule has 2 heteroatoms. The largest absolute Gasteiger partial charge is 0.490 e. The highest BCUT2D eigenvalue weighted by molar-refractivity contribution is 6.01. The molecule has 108 valence electrons. The van der Waals surface area contributed by atoms with Crippen LogP contribution >= 0.6 is 0 Å². The van der Waals surface area contributed by atoms with Crippen LogP contribution in [0.25, 0.3) is 12.2 Å². The van der Waals surface area contributed by atoms with Crippen LogP contribution in [0.2, 0.25) is 0 Å². The van der Waals surface area contributed by atoms with Gasteiger partial charge in [0.15, 0.2) is 5.78 Å². The molecule has 2 aromatic carbocycles. The van der Waals surface area contributed by atoms with E-state index in [9.17, 15) is 4.79 Å². The zero-order valence-corrected chi connectivity index (χ0v) is 12.7. The molecule has 0 fully saturated rings. The van der Waals surface area contributed by atoms with E-state index >= 15 is 0 Å². The van der Waals surface area contributed by atoms with E-state index in [2.05, 4.69) is 0 Å². The van der Waals surface area contributed by atoms with Crippen LogP contribution in [-0.2, 0) is 0 Å². The van der Waals surface area contributed by atoms with Gasteiger partial charge in [0, 0.05) is 0 Å². The lowest BCUT2D eigenvalue weighted by molar-refractivity contribution is 0.101. The van der Waals surface area contributed by atoms with Gasteiger partial charge < -0.3 is 4.74 Å². The van der Waals surface area contributed by atoms with Crippen molar-refractivity contribution in [3.63, 3.8) is 0 Å². The van der Waals surface area contributed by atoms with Crippen molar-refractivity contribution in [2.24, 2.45) is 0 Å². The van der Waals surface area contributed by atoms with E-state index < -0.39 is 0 Å². The van der Waals surface area contributed by atoms with Gasteiger partial charge in [-0.3, -0.25) is 4.79 Å². The van der Waals surface area contributed by atoms with Crippen molar-refractivity contribution < 1.29 is 9.53 Å². The lowest BCUT2D eigenvalue weighted by Gasteiger charge is -2.14. The summed E-state index contributed by atoms with van der Waals surface area (Å²) in [5, 5.41) is 0. The maximum atomic E-state index is 12.0. The molecule has 0 aliphatic carbocycles. The van der Waals surface area contributed by atoms with Crippen LogP contribution in [0, 0.1) is 0 Å². The van der Waals surface area contributed by atoms with Crippen molar-refractivity contribution in [1.82, 2.24) is 0 Å². The molecule has 0 unspecified atom stereocenters. The number of hydrogen-bond acceptors (Lipinski definition) is 2. The Morgan fingerprint density at radius 1 is 1.00 bits per heavy atom. The van der Waals surface area contributed by atoms with Gasteiger partial charge in [0.2, 0.25) is 0 Å². The number of ketones is 1. The van der Waals surface area contributed by atoms with Crippen LogP contribution in [0.1, 0.15) is 42.3 Å². The Balaban J connectivity index is 2.39. The zero-order chi connectivity index (χ0) is 15.2. The molecule has 0 spiro atoms. The molecule has 0 atom stereocenters. The highest BCUT2D eigenvalue weighted by Gasteiger charge is 2.13. The number of ether oxygens (including phenoxy) is 1. The van der Waals surface area contributed by atoms with Gasteiger partial charge in [-0.1, -0.05) is 54.6 Å². The van der Waals surface area contributed by atoms with E-state index in [1.165, 1.54) is 0 Å². The lowest BCUT2D eigenvalue weighted by Crippen LogP contribution is -2.10. The SMILES string of the molecule is CC(=O)c1c(/C=C/c2ccccc2)cccc1OC(C)C. The molecule has 21 heavy (non-hydrogen) atoms. The second-order valence-corrected chi connectivity index (χ2v) is 5.19. The van der Waals surface area contributed by atoms with Gasteiger partial charge in [-0.2, -0.15) is 0 Å². The topological polar surface area (TPSA) is 26.3 Å². The van der Waals surface area contributed by atoms with Gasteiger partial charge in [0.1, 0.15) is 5.75 Å². The first-order valence-electron chi connectivity index (χ1n) is 7.11. The molecule has 0 bridgehead atoms. The van der Waals surface area contributed by atoms with Gasteiger partial charge in [0.25, 0.3) is 0 Å². The zero-order valence-electron chi connectivity index (χ0n) is 12.7. The second kappa shape index (κ2) is 6.89. The summed E-state index contributed by atoms with van der Waals surface area (Å²) in [5.41, 5.74) is 2.62. The van der Waals surface area contributed by atoms with Crippen molar-refractivity contribution in [3.8, 4) is 5.75 Å². The molecule has 0 aliphatic rings. The summed E-state index contributed by atoms with van der Waals surface area (Å²) in [6.45, 7) is 5.48. The maximum absolute atomic E-state index is 12.0. The van der Waals surface area contributed by atoms with Gasteiger partial charge in [-0.05, 0) is 38.0 Å². The number of benzene rings is 2. The summed E-state index contributed by atoms with van der Waals surface area (Å²) in [6, 6.07) is 15.7. The third kappa shape index (κ3) is 4.06. The molecular weight excluding hydrogens is 260 g/mol. The molecule has 0 saturated carbocycles. The molecule has 0 N–H and O–H groups in total. The summed E-state index contributed by atoms with van der Waals surface area (Å²) >= 11 is 0. The Morgan fingerprint density at radius 3 is 2.33 bits per heavy atom. The van der Waals surface area contributed by atoms with Gasteiger partial charge in [-0.25, -0.2) is 0 Å². The summed E-state index contributed by atoms with van der Waals surface area (Å²) in [7, 11) is 0. The highest BCUT2D eigenvalue weighted by Crippen LogP contribution is 2.25. The number of hydrogen-bond donors (Lipinski definition) is 0. The summed E-state index contributed by atoms with van der Waals surface area (Å²) in [6.07, 6.45) is 4.00. The first kappa shape index (κ1) is 15.0. The summed E-state index contributed by atoms with van der Waals surface area (Å²) in [4.78, 5) is 12.0. The Labute approximate surface area is 126 Å². The fourth-order valence-electron chi connectivity index (χ4n) is 2.17. The van der Waals surface area contributed by atoms with E-state index in [-0.39, 0.29) is 11.9 Å². The van der Waals surface area contributed by atoms with Crippen LogP contribution in [0.3, 0.4) is 0 Å². The summed E-state index contributed by atoms with van der Waals surface area (Å²) < 4.78 is 5.74. The average molecular weight is 280 g/mol. The molecule has 2 rings (SSSR count). The predicted octanol–water partition coefficient (Wildman–Crippen LogP) is 4.85. The van der Waals surface area contributed by atoms with Crippen molar-refractivity contribution in [1.29, 1.82) is 0 Å². The lowest BCUT2D eigenvalue weighted by atomic mass is 10.0. The summed E-state index contributed by atoms with van der Waals surface area (Å²) in [5.74, 6) is 0.659. The molecule has 0 aromatic heterocycles. The van der Waals surface area contributed by atoms with E-state index in [4.69, 9.17) is 4.74 Å². The maximum Gasteiger partial charge on any atom is 0.164 e. The monoisotopic (exact) mass is 280 g/mol. The molecule has 0 radical (unpaired) electrons. The van der Waals surface area contributed by atoms with Gasteiger partial charge >= 0.3 is 0 Å². The fourth-order valence-corrected chi connectivity index (χ4v) is 2.17. The number of carbonyl (C=O) groups excluding carboxylic acids is 1. The van der Waals surface area contributed by atoms with Crippen molar-refractivity contribution in [2.45, 2.75) is 26.9 Å².